The maximum absolute atomic E-state index is 12.7. The van der Waals surface area contributed by atoms with Gasteiger partial charge in [0.1, 0.15) is 11.4 Å². The van der Waals surface area contributed by atoms with Crippen molar-refractivity contribution in [2.45, 2.75) is 89.2 Å². The van der Waals surface area contributed by atoms with Crippen molar-refractivity contribution >= 4 is 6.09 Å². The van der Waals surface area contributed by atoms with Crippen LogP contribution in [0.3, 0.4) is 0 Å². The average Bonchev–Trinajstić information content (AvgIpc) is 2.51. The van der Waals surface area contributed by atoms with E-state index in [4.69, 9.17) is 4.74 Å². The van der Waals surface area contributed by atoms with E-state index in [9.17, 15) is 18.7 Å². The Labute approximate surface area is 164 Å². The largest absolute Gasteiger partial charge is 0.444 e. The highest BCUT2D eigenvalue weighted by Gasteiger charge is 2.48. The highest BCUT2D eigenvalue weighted by molar-refractivity contribution is 5.69. The number of piperidine rings is 2. The molecule has 2 aliphatic rings. The first kappa shape index (κ1) is 20.8. The summed E-state index contributed by atoms with van der Waals surface area (Å²) in [4.78, 5) is 14.5. The summed E-state index contributed by atoms with van der Waals surface area (Å²) in [5.41, 5.74) is -0.813. The van der Waals surface area contributed by atoms with Crippen LogP contribution in [-0.4, -0.2) is 46.0 Å². The first-order chi connectivity index (χ1) is 13.0. The lowest BCUT2D eigenvalue weighted by Crippen LogP contribution is -2.61. The van der Waals surface area contributed by atoms with Crippen LogP contribution >= 0.6 is 0 Å². The van der Waals surface area contributed by atoms with Crippen molar-refractivity contribution in [2.24, 2.45) is 0 Å². The van der Waals surface area contributed by atoms with Gasteiger partial charge in [-0.15, -0.1) is 0 Å². The van der Waals surface area contributed by atoms with Crippen LogP contribution in [-0.2, 0) is 11.2 Å². The molecule has 5 nitrogen and oxygen atoms in total. The van der Waals surface area contributed by atoms with E-state index < -0.39 is 17.8 Å². The predicted octanol–water partition coefficient (Wildman–Crippen LogP) is 4.51. The van der Waals surface area contributed by atoms with E-state index in [1.54, 1.807) is 23.1 Å². The number of nitrogens with zero attached hydrogens (tertiary/aromatic N) is 1. The van der Waals surface area contributed by atoms with Gasteiger partial charge in [-0.05, 0) is 70.6 Å². The second kappa shape index (κ2) is 7.85. The highest BCUT2D eigenvalue weighted by atomic mass is 19.3. The number of aliphatic hydroxyl groups is 1. The lowest BCUT2D eigenvalue weighted by atomic mass is 9.73. The van der Waals surface area contributed by atoms with Crippen molar-refractivity contribution < 1.29 is 28.2 Å². The molecule has 1 N–H and O–H groups in total. The van der Waals surface area contributed by atoms with Gasteiger partial charge in [-0.3, -0.25) is 0 Å². The van der Waals surface area contributed by atoms with Gasteiger partial charge in [0.15, 0.2) is 0 Å². The summed E-state index contributed by atoms with van der Waals surface area (Å²) >= 11 is 0. The van der Waals surface area contributed by atoms with E-state index in [1.165, 1.54) is 6.07 Å². The van der Waals surface area contributed by atoms with Gasteiger partial charge in [0.05, 0.1) is 5.60 Å². The maximum atomic E-state index is 12.7. The summed E-state index contributed by atoms with van der Waals surface area (Å²) in [5, 5.41) is 11.3. The molecule has 0 radical (unpaired) electrons. The van der Waals surface area contributed by atoms with Crippen LogP contribution in [0.25, 0.3) is 0 Å². The van der Waals surface area contributed by atoms with Gasteiger partial charge in [0.2, 0.25) is 0 Å². The van der Waals surface area contributed by atoms with Crippen molar-refractivity contribution in [3.05, 3.63) is 29.8 Å². The van der Waals surface area contributed by atoms with Crippen molar-refractivity contribution in [3.8, 4) is 5.75 Å². The van der Waals surface area contributed by atoms with Crippen molar-refractivity contribution in [3.63, 3.8) is 0 Å². The third-order valence-corrected chi connectivity index (χ3v) is 5.35. The SMILES string of the molecule is CC(C)(C)OC(=O)N1C2CCCC1CC(O)(Cc1cccc(OC(F)F)c1)C2. The fourth-order valence-corrected chi connectivity index (χ4v) is 4.50. The molecule has 7 heteroatoms. The molecule has 28 heavy (non-hydrogen) atoms. The Hall–Kier alpha value is -1.89. The van der Waals surface area contributed by atoms with Crippen LogP contribution < -0.4 is 4.74 Å². The molecule has 2 bridgehead atoms. The summed E-state index contributed by atoms with van der Waals surface area (Å²) in [5.74, 6) is 0.0856. The Bertz CT molecular complexity index is 690. The zero-order valence-corrected chi connectivity index (χ0v) is 16.7. The van der Waals surface area contributed by atoms with Gasteiger partial charge in [-0.1, -0.05) is 12.1 Å². The quantitative estimate of drug-likeness (QED) is 0.812. The monoisotopic (exact) mass is 397 g/mol. The molecule has 1 amide bonds. The zero-order valence-electron chi connectivity index (χ0n) is 16.7. The molecule has 2 heterocycles. The van der Waals surface area contributed by atoms with Crippen LogP contribution in [0.15, 0.2) is 24.3 Å². The lowest BCUT2D eigenvalue weighted by molar-refractivity contribution is -0.0919. The van der Waals surface area contributed by atoms with E-state index in [-0.39, 0.29) is 23.9 Å². The number of carbonyl (C=O) groups excluding carboxylic acids is 1. The minimum Gasteiger partial charge on any atom is -0.444 e. The smallest absolute Gasteiger partial charge is 0.410 e. The molecule has 2 saturated heterocycles. The average molecular weight is 397 g/mol. The number of alkyl halides is 2. The Morgan fingerprint density at radius 2 is 1.93 bits per heavy atom. The Morgan fingerprint density at radius 1 is 1.29 bits per heavy atom. The number of fused-ring (bicyclic) bond motifs is 2. The zero-order chi connectivity index (χ0) is 20.5. The van der Waals surface area contributed by atoms with E-state index in [0.717, 1.165) is 24.8 Å². The summed E-state index contributed by atoms with van der Waals surface area (Å²) in [7, 11) is 0. The topological polar surface area (TPSA) is 59.0 Å². The number of rotatable bonds is 4. The first-order valence-corrected chi connectivity index (χ1v) is 9.82. The van der Waals surface area contributed by atoms with Gasteiger partial charge in [0, 0.05) is 18.5 Å². The van der Waals surface area contributed by atoms with Crippen molar-refractivity contribution in [2.75, 3.05) is 0 Å². The molecular formula is C21H29F2NO4. The standard InChI is InChI=1S/C21H29F2NO4/c1-20(2,3)28-19(25)24-15-7-5-8-16(24)13-21(26,12-15)11-14-6-4-9-17(10-14)27-18(22)23/h4,6,9-10,15-16,18,26H,5,7-8,11-13H2,1-3H3. The van der Waals surface area contributed by atoms with E-state index in [2.05, 4.69) is 4.74 Å². The molecule has 0 aromatic heterocycles. The summed E-state index contributed by atoms with van der Waals surface area (Å²) < 4.78 is 34.9. The molecule has 0 aliphatic carbocycles. The van der Waals surface area contributed by atoms with Gasteiger partial charge >= 0.3 is 12.7 Å². The van der Waals surface area contributed by atoms with Crippen LogP contribution in [0.2, 0.25) is 0 Å². The Morgan fingerprint density at radius 3 is 2.50 bits per heavy atom. The summed E-state index contributed by atoms with van der Waals surface area (Å²) in [6.07, 6.45) is 3.58. The highest BCUT2D eigenvalue weighted by Crippen LogP contribution is 2.41. The van der Waals surface area contributed by atoms with Gasteiger partial charge in [0.25, 0.3) is 0 Å². The number of amides is 1. The molecule has 2 fully saturated rings. The minimum absolute atomic E-state index is 0.0761. The van der Waals surface area contributed by atoms with Gasteiger partial charge in [-0.2, -0.15) is 8.78 Å². The summed E-state index contributed by atoms with van der Waals surface area (Å²) in [6, 6.07) is 6.31. The Kier molecular flexibility index (Phi) is 5.84. The minimum atomic E-state index is -2.88. The maximum Gasteiger partial charge on any atom is 0.410 e. The summed E-state index contributed by atoms with van der Waals surface area (Å²) in [6.45, 7) is 2.65. The van der Waals surface area contributed by atoms with Gasteiger partial charge in [-0.25, -0.2) is 4.79 Å². The number of halogens is 2. The number of hydrogen-bond acceptors (Lipinski definition) is 4. The molecule has 2 atom stereocenters. The fourth-order valence-electron chi connectivity index (χ4n) is 4.50. The molecule has 0 spiro atoms. The lowest BCUT2D eigenvalue weighted by Gasteiger charge is -2.51. The molecular weight excluding hydrogens is 368 g/mol. The number of benzene rings is 1. The van der Waals surface area contributed by atoms with E-state index in [0.29, 0.717) is 19.3 Å². The van der Waals surface area contributed by atoms with Crippen LogP contribution in [0, 0.1) is 0 Å². The fraction of sp³-hybridized carbons (Fsp3) is 0.667. The van der Waals surface area contributed by atoms with Crippen molar-refractivity contribution in [1.82, 2.24) is 4.90 Å². The molecule has 3 rings (SSSR count). The second-order valence-corrected chi connectivity index (χ2v) is 8.96. The van der Waals surface area contributed by atoms with Crippen LogP contribution in [0.5, 0.6) is 5.75 Å². The third-order valence-electron chi connectivity index (χ3n) is 5.35. The number of hydrogen-bond donors (Lipinski definition) is 1. The second-order valence-electron chi connectivity index (χ2n) is 8.96. The molecule has 156 valence electrons. The molecule has 0 saturated carbocycles. The molecule has 1 aromatic carbocycles. The van der Waals surface area contributed by atoms with Gasteiger partial charge < -0.3 is 19.5 Å². The number of carbonyl (C=O) groups is 1. The molecule has 2 unspecified atom stereocenters. The predicted molar refractivity (Wildman–Crippen MR) is 100 cm³/mol. The molecule has 2 aliphatic heterocycles. The molecule has 1 aromatic rings. The Balaban J connectivity index is 1.72. The van der Waals surface area contributed by atoms with E-state index >= 15 is 0 Å². The van der Waals surface area contributed by atoms with Crippen LogP contribution in [0.4, 0.5) is 13.6 Å². The normalized spacial score (nSPS) is 27.6. The van der Waals surface area contributed by atoms with E-state index in [1.807, 2.05) is 20.8 Å². The first-order valence-electron chi connectivity index (χ1n) is 9.82. The third kappa shape index (κ3) is 5.13. The number of ether oxygens (including phenoxy) is 2. The van der Waals surface area contributed by atoms with Crippen LogP contribution in [0.1, 0.15) is 58.4 Å². The van der Waals surface area contributed by atoms with Crippen molar-refractivity contribution in [1.29, 1.82) is 0 Å².